The van der Waals surface area contributed by atoms with Gasteiger partial charge in [0.25, 0.3) is 0 Å². The van der Waals surface area contributed by atoms with Gasteiger partial charge in [0.1, 0.15) is 5.75 Å². The molecule has 2 saturated heterocycles. The van der Waals surface area contributed by atoms with Gasteiger partial charge in [-0.1, -0.05) is 0 Å². The van der Waals surface area contributed by atoms with Gasteiger partial charge < -0.3 is 4.74 Å². The summed E-state index contributed by atoms with van der Waals surface area (Å²) in [5, 5.41) is 4.79. The van der Waals surface area contributed by atoms with Crippen LogP contribution in [0.1, 0.15) is 63.6 Å². The zero-order chi connectivity index (χ0) is 24.1. The van der Waals surface area contributed by atoms with Gasteiger partial charge >= 0.3 is 6.61 Å². The fourth-order valence-electron chi connectivity index (χ4n) is 6.14. The minimum absolute atomic E-state index is 0.0114. The zero-order valence-corrected chi connectivity index (χ0v) is 20.5. The highest BCUT2D eigenvalue weighted by atomic mass is 32.2. The Balaban J connectivity index is 1.27. The molecule has 186 valence electrons. The van der Waals surface area contributed by atoms with Crippen LogP contribution >= 0.6 is 0 Å². The van der Waals surface area contributed by atoms with Crippen LogP contribution in [0.25, 0.3) is 11.3 Å². The van der Waals surface area contributed by atoms with Crippen molar-refractivity contribution in [2.45, 2.75) is 70.6 Å². The molecule has 34 heavy (non-hydrogen) atoms. The highest BCUT2D eigenvalue weighted by Gasteiger charge is 2.53. The van der Waals surface area contributed by atoms with Crippen molar-refractivity contribution in [2.75, 3.05) is 24.6 Å². The highest BCUT2D eigenvalue weighted by Crippen LogP contribution is 2.45. The van der Waals surface area contributed by atoms with Gasteiger partial charge in [0.05, 0.1) is 23.4 Å². The molecule has 10 heteroatoms. The van der Waals surface area contributed by atoms with Gasteiger partial charge in [-0.25, -0.2) is 8.42 Å². The largest absolute Gasteiger partial charge is 0.433 e. The summed E-state index contributed by atoms with van der Waals surface area (Å²) in [7, 11) is -2.80. The molecule has 4 heterocycles. The second-order valence-electron chi connectivity index (χ2n) is 10.5. The molecule has 2 aromatic rings. The Kier molecular flexibility index (Phi) is 6.16. The normalized spacial score (nSPS) is 26.3. The first-order valence-corrected chi connectivity index (χ1v) is 13.9. The second-order valence-corrected chi connectivity index (χ2v) is 12.6. The Bertz CT molecular complexity index is 1130. The number of halogens is 2. The van der Waals surface area contributed by atoms with E-state index in [9.17, 15) is 17.2 Å². The van der Waals surface area contributed by atoms with Crippen LogP contribution in [0.15, 0.2) is 24.5 Å². The first-order chi connectivity index (χ1) is 16.1. The van der Waals surface area contributed by atoms with Crippen LogP contribution in [0.4, 0.5) is 8.78 Å². The number of ether oxygens (including phenoxy) is 1. The Hall–Kier alpha value is -2.07. The number of aromatic nitrogens is 3. The molecule has 1 aliphatic carbocycles. The minimum Gasteiger partial charge on any atom is -0.433 e. The van der Waals surface area contributed by atoms with E-state index in [4.69, 9.17) is 5.10 Å². The van der Waals surface area contributed by atoms with Crippen molar-refractivity contribution in [3.05, 3.63) is 30.2 Å². The molecule has 7 nitrogen and oxygen atoms in total. The Morgan fingerprint density at radius 2 is 1.85 bits per heavy atom. The van der Waals surface area contributed by atoms with Crippen molar-refractivity contribution in [1.82, 2.24) is 19.7 Å². The molecule has 0 unspecified atom stereocenters. The van der Waals surface area contributed by atoms with Gasteiger partial charge in [-0.3, -0.25) is 14.6 Å². The summed E-state index contributed by atoms with van der Waals surface area (Å²) in [6.07, 6.45) is 8.18. The average Bonchev–Trinajstić information content (AvgIpc) is 3.38. The van der Waals surface area contributed by atoms with Crippen molar-refractivity contribution in [1.29, 1.82) is 0 Å². The summed E-state index contributed by atoms with van der Waals surface area (Å²) < 4.78 is 55.2. The smallest absolute Gasteiger partial charge is 0.387 e. The van der Waals surface area contributed by atoms with Crippen LogP contribution in [0.5, 0.6) is 5.75 Å². The number of nitrogens with zero attached hydrogens (tertiary/aromatic N) is 4. The van der Waals surface area contributed by atoms with E-state index in [0.717, 1.165) is 45.2 Å². The quantitative estimate of drug-likeness (QED) is 0.597. The Labute approximate surface area is 199 Å². The lowest BCUT2D eigenvalue weighted by molar-refractivity contribution is -0.0500. The first-order valence-electron chi connectivity index (χ1n) is 12.1. The number of rotatable bonds is 6. The van der Waals surface area contributed by atoms with Gasteiger partial charge in [0.2, 0.25) is 0 Å². The van der Waals surface area contributed by atoms with Gasteiger partial charge in [0.15, 0.2) is 9.84 Å². The predicted octanol–water partition coefficient (Wildman–Crippen LogP) is 4.27. The molecule has 1 spiro atoms. The molecule has 0 atom stereocenters. The summed E-state index contributed by atoms with van der Waals surface area (Å²) >= 11 is 0. The van der Waals surface area contributed by atoms with Crippen molar-refractivity contribution in [3.8, 4) is 17.0 Å². The molecule has 0 radical (unpaired) electrons. The lowest BCUT2D eigenvalue weighted by Crippen LogP contribution is -2.51. The topological polar surface area (TPSA) is 77.3 Å². The van der Waals surface area contributed by atoms with E-state index >= 15 is 0 Å². The van der Waals surface area contributed by atoms with Crippen LogP contribution in [0.3, 0.4) is 0 Å². The maximum Gasteiger partial charge on any atom is 0.387 e. The monoisotopic (exact) mass is 494 g/mol. The third-order valence-electron chi connectivity index (χ3n) is 7.64. The summed E-state index contributed by atoms with van der Waals surface area (Å²) in [6.45, 7) is 3.21. The molecule has 2 aromatic heterocycles. The first kappa shape index (κ1) is 23.7. The zero-order valence-electron chi connectivity index (χ0n) is 19.7. The van der Waals surface area contributed by atoms with E-state index in [1.165, 1.54) is 11.9 Å². The number of hydrogen-bond acceptors (Lipinski definition) is 6. The number of likely N-dealkylation sites (tertiary alicyclic amines) is 1. The molecule has 1 saturated carbocycles. The third-order valence-corrected chi connectivity index (χ3v) is 9.74. The van der Waals surface area contributed by atoms with E-state index in [0.29, 0.717) is 34.7 Å². The molecule has 2 aliphatic heterocycles. The van der Waals surface area contributed by atoms with Crippen molar-refractivity contribution in [2.24, 2.45) is 5.41 Å². The summed E-state index contributed by atoms with van der Waals surface area (Å²) in [5.41, 5.74) is 2.56. The molecule has 0 N–H and O–H groups in total. The van der Waals surface area contributed by atoms with E-state index in [1.54, 1.807) is 12.3 Å². The van der Waals surface area contributed by atoms with Crippen molar-refractivity contribution in [3.63, 3.8) is 0 Å². The van der Waals surface area contributed by atoms with Gasteiger partial charge in [0, 0.05) is 47.4 Å². The lowest BCUT2D eigenvalue weighted by atomic mass is 9.83. The standard InChI is InChI=1S/C24H32F2N4O3S/c1-16(2)30-22(10-21(28-30)18-9-20(12-27-11-18)33-23(25)26)17-3-5-19(6-4-17)29-8-7-24(13-29)14-34(31,32)15-24/h9-12,16-17,19,23H,3-8,13-15H2,1-2H3/t17-,19-. The second kappa shape index (κ2) is 8.86. The SMILES string of the molecule is CC(C)n1nc(-c2cncc(OC(F)F)c2)cc1[C@H]1CC[C@H](N2CCC3(C2)CS(=O)(=O)C3)CC1. The average molecular weight is 495 g/mol. The summed E-state index contributed by atoms with van der Waals surface area (Å²) in [4.78, 5) is 6.57. The molecule has 0 bridgehead atoms. The van der Waals surface area contributed by atoms with E-state index in [2.05, 4.69) is 34.5 Å². The molecule has 3 fully saturated rings. The number of hydrogen-bond donors (Lipinski definition) is 0. The fourth-order valence-corrected chi connectivity index (χ4v) is 8.39. The minimum atomic E-state index is -2.89. The Morgan fingerprint density at radius 1 is 1.12 bits per heavy atom. The van der Waals surface area contributed by atoms with Crippen molar-refractivity contribution >= 4 is 9.84 Å². The van der Waals surface area contributed by atoms with Crippen LogP contribution in [0, 0.1) is 5.41 Å². The fraction of sp³-hybridized carbons (Fsp3) is 0.667. The van der Waals surface area contributed by atoms with E-state index < -0.39 is 16.4 Å². The summed E-state index contributed by atoms with van der Waals surface area (Å²) in [5.74, 6) is 1.13. The van der Waals surface area contributed by atoms with E-state index in [1.807, 2.05) is 4.68 Å². The Morgan fingerprint density at radius 3 is 2.50 bits per heavy atom. The molecule has 5 rings (SSSR count). The lowest BCUT2D eigenvalue weighted by Gasteiger charge is -2.40. The number of alkyl halides is 2. The molecular formula is C24H32F2N4O3S. The third kappa shape index (κ3) is 4.71. The molecule has 3 aliphatic rings. The molecule has 0 amide bonds. The maximum atomic E-state index is 12.6. The van der Waals surface area contributed by atoms with Gasteiger partial charge in [-0.05, 0) is 64.6 Å². The number of pyridine rings is 1. The van der Waals surface area contributed by atoms with Crippen molar-refractivity contribution < 1.29 is 21.9 Å². The van der Waals surface area contributed by atoms with Crippen LogP contribution in [-0.2, 0) is 9.84 Å². The van der Waals surface area contributed by atoms with Gasteiger partial charge in [-0.2, -0.15) is 13.9 Å². The molecular weight excluding hydrogens is 462 g/mol. The van der Waals surface area contributed by atoms with Crippen LogP contribution in [-0.4, -0.2) is 65.3 Å². The number of sulfone groups is 1. The predicted molar refractivity (Wildman–Crippen MR) is 125 cm³/mol. The highest BCUT2D eigenvalue weighted by molar-refractivity contribution is 7.92. The summed E-state index contributed by atoms with van der Waals surface area (Å²) in [6, 6.07) is 4.31. The van der Waals surface area contributed by atoms with Crippen LogP contribution < -0.4 is 4.74 Å². The molecule has 0 aromatic carbocycles. The van der Waals surface area contributed by atoms with E-state index in [-0.39, 0.29) is 17.2 Å². The maximum absolute atomic E-state index is 12.6. The van der Waals surface area contributed by atoms with Crippen LogP contribution in [0.2, 0.25) is 0 Å². The van der Waals surface area contributed by atoms with Gasteiger partial charge in [-0.15, -0.1) is 0 Å².